The van der Waals surface area contributed by atoms with Crippen molar-refractivity contribution in [3.05, 3.63) is 28.7 Å². The van der Waals surface area contributed by atoms with Gasteiger partial charge in [-0.1, -0.05) is 22.0 Å². The van der Waals surface area contributed by atoms with Gasteiger partial charge in [0.1, 0.15) is 0 Å². The van der Waals surface area contributed by atoms with Crippen LogP contribution in [0, 0.1) is 0 Å². The van der Waals surface area contributed by atoms with Crippen LogP contribution in [0.25, 0.3) is 0 Å². The summed E-state index contributed by atoms with van der Waals surface area (Å²) in [7, 11) is 0. The maximum Gasteiger partial charge on any atom is 0.0685 e. The Hall–Kier alpha value is -0.580. The van der Waals surface area contributed by atoms with Gasteiger partial charge in [-0.2, -0.15) is 0 Å². The third-order valence-electron chi connectivity index (χ3n) is 1.42. The molecule has 0 amide bonds. The molecule has 0 atom stereocenters. The molecule has 0 saturated carbocycles. The van der Waals surface area contributed by atoms with Crippen LogP contribution < -0.4 is 5.06 Å². The van der Waals surface area contributed by atoms with E-state index in [1.54, 1.807) is 12.1 Å². The molecule has 1 rings (SSSR count). The van der Waals surface area contributed by atoms with Crippen LogP contribution >= 0.6 is 15.9 Å². The molecule has 0 fully saturated rings. The molecular weight excluding hydrogens is 222 g/mol. The Kier molecular flexibility index (Phi) is 3.52. The molecule has 0 aliphatic rings. The Balaban J connectivity index is 2.73. The first kappa shape index (κ1) is 9.51. The zero-order valence-corrected chi connectivity index (χ0v) is 8.03. The maximum atomic E-state index is 9.30. The van der Waals surface area contributed by atoms with Gasteiger partial charge in [-0.3, -0.25) is 10.3 Å². The van der Waals surface area contributed by atoms with Crippen molar-refractivity contribution in [2.24, 2.45) is 0 Å². The number of hydrogen-bond donors (Lipinski definition) is 2. The summed E-state index contributed by atoms with van der Waals surface area (Å²) >= 11 is 3.28. The number of benzene rings is 1. The van der Waals surface area contributed by atoms with Crippen molar-refractivity contribution in [1.82, 2.24) is 0 Å². The Morgan fingerprint density at radius 1 is 1.42 bits per heavy atom. The molecule has 0 saturated heterocycles. The molecule has 0 radical (unpaired) electrons. The number of hydrogen-bond acceptors (Lipinski definition) is 3. The number of halogens is 1. The highest BCUT2D eigenvalue weighted by atomic mass is 79.9. The summed E-state index contributed by atoms with van der Waals surface area (Å²) in [4.78, 5) is 0. The van der Waals surface area contributed by atoms with E-state index in [1.807, 2.05) is 12.1 Å². The molecule has 3 nitrogen and oxygen atoms in total. The summed E-state index contributed by atoms with van der Waals surface area (Å²) < 4.78 is 0.900. The van der Waals surface area contributed by atoms with E-state index in [4.69, 9.17) is 5.11 Å². The van der Waals surface area contributed by atoms with Crippen molar-refractivity contribution in [3.63, 3.8) is 0 Å². The zero-order valence-electron chi connectivity index (χ0n) is 6.44. The molecule has 0 bridgehead atoms. The Morgan fingerprint density at radius 3 is 2.75 bits per heavy atom. The van der Waals surface area contributed by atoms with Gasteiger partial charge in [0.2, 0.25) is 0 Å². The van der Waals surface area contributed by atoms with Gasteiger partial charge in [-0.15, -0.1) is 0 Å². The van der Waals surface area contributed by atoms with Crippen LogP contribution in [0.5, 0.6) is 0 Å². The molecule has 2 N–H and O–H groups in total. The monoisotopic (exact) mass is 231 g/mol. The average molecular weight is 232 g/mol. The van der Waals surface area contributed by atoms with E-state index in [2.05, 4.69) is 15.9 Å². The third kappa shape index (κ3) is 2.48. The standard InChI is InChI=1S/C8H10BrNO2/c9-7-2-1-3-8(6-7)10(12)4-5-11/h1-3,6,11-12H,4-5H2. The minimum absolute atomic E-state index is 0.0665. The van der Waals surface area contributed by atoms with Crippen molar-refractivity contribution in [2.45, 2.75) is 0 Å². The van der Waals surface area contributed by atoms with Gasteiger partial charge in [-0.25, -0.2) is 0 Å². The topological polar surface area (TPSA) is 43.7 Å². The van der Waals surface area contributed by atoms with Crippen LogP contribution in [0.2, 0.25) is 0 Å². The molecule has 0 unspecified atom stereocenters. The molecule has 0 spiro atoms. The molecule has 12 heavy (non-hydrogen) atoms. The molecule has 4 heteroatoms. The molecule has 1 aromatic rings. The van der Waals surface area contributed by atoms with Crippen LogP contribution in [0.4, 0.5) is 5.69 Å². The fourth-order valence-electron chi connectivity index (χ4n) is 0.860. The molecule has 0 aromatic heterocycles. The Labute approximate surface area is 79.3 Å². The van der Waals surface area contributed by atoms with Crippen molar-refractivity contribution in [3.8, 4) is 0 Å². The van der Waals surface area contributed by atoms with Crippen LogP contribution in [0.3, 0.4) is 0 Å². The average Bonchev–Trinajstić information content (AvgIpc) is 2.05. The van der Waals surface area contributed by atoms with Crippen molar-refractivity contribution < 1.29 is 10.3 Å². The second kappa shape index (κ2) is 4.45. The van der Waals surface area contributed by atoms with Gasteiger partial charge in [0.15, 0.2) is 0 Å². The fraction of sp³-hybridized carbons (Fsp3) is 0.250. The summed E-state index contributed by atoms with van der Waals surface area (Å²) in [5.74, 6) is 0. The summed E-state index contributed by atoms with van der Waals surface area (Å²) in [5.41, 5.74) is 0.665. The highest BCUT2D eigenvalue weighted by molar-refractivity contribution is 9.10. The van der Waals surface area contributed by atoms with E-state index in [0.717, 1.165) is 9.54 Å². The van der Waals surface area contributed by atoms with Gasteiger partial charge in [-0.05, 0) is 18.2 Å². The van der Waals surface area contributed by atoms with Gasteiger partial charge >= 0.3 is 0 Å². The van der Waals surface area contributed by atoms with Gasteiger partial charge in [0.05, 0.1) is 18.8 Å². The smallest absolute Gasteiger partial charge is 0.0685 e. The lowest BCUT2D eigenvalue weighted by molar-refractivity contribution is 0.210. The number of aliphatic hydroxyl groups is 1. The number of aliphatic hydroxyl groups excluding tert-OH is 1. The van der Waals surface area contributed by atoms with E-state index in [0.29, 0.717) is 5.69 Å². The number of anilines is 1. The molecule has 0 aliphatic carbocycles. The van der Waals surface area contributed by atoms with Gasteiger partial charge < -0.3 is 5.11 Å². The summed E-state index contributed by atoms with van der Waals surface area (Å²) in [6, 6.07) is 7.23. The first-order valence-electron chi connectivity index (χ1n) is 3.57. The lowest BCUT2D eigenvalue weighted by Crippen LogP contribution is -2.21. The normalized spacial score (nSPS) is 9.92. The molecule has 1 aromatic carbocycles. The van der Waals surface area contributed by atoms with Gasteiger partial charge in [0.25, 0.3) is 0 Å². The minimum atomic E-state index is -0.0665. The van der Waals surface area contributed by atoms with Crippen molar-refractivity contribution >= 4 is 21.6 Å². The van der Waals surface area contributed by atoms with E-state index >= 15 is 0 Å². The fourth-order valence-corrected chi connectivity index (χ4v) is 1.25. The number of nitrogens with zero attached hydrogens (tertiary/aromatic N) is 1. The Bertz CT molecular complexity index is 255. The highest BCUT2D eigenvalue weighted by Crippen LogP contribution is 2.17. The number of hydroxylamine groups is 1. The van der Waals surface area contributed by atoms with E-state index in [-0.39, 0.29) is 13.2 Å². The maximum absolute atomic E-state index is 9.30. The minimum Gasteiger partial charge on any atom is -0.394 e. The van der Waals surface area contributed by atoms with Crippen LogP contribution in [0.1, 0.15) is 0 Å². The second-order valence-electron chi connectivity index (χ2n) is 2.33. The highest BCUT2D eigenvalue weighted by Gasteiger charge is 2.00. The Morgan fingerprint density at radius 2 is 2.17 bits per heavy atom. The largest absolute Gasteiger partial charge is 0.394 e. The van der Waals surface area contributed by atoms with E-state index in [1.165, 1.54) is 0 Å². The van der Waals surface area contributed by atoms with Crippen LogP contribution in [-0.2, 0) is 0 Å². The van der Waals surface area contributed by atoms with E-state index in [9.17, 15) is 5.21 Å². The van der Waals surface area contributed by atoms with Crippen LogP contribution in [-0.4, -0.2) is 23.5 Å². The van der Waals surface area contributed by atoms with Crippen molar-refractivity contribution in [2.75, 3.05) is 18.2 Å². The van der Waals surface area contributed by atoms with Crippen LogP contribution in [0.15, 0.2) is 28.7 Å². The molecule has 66 valence electrons. The first-order chi connectivity index (χ1) is 5.74. The number of rotatable bonds is 3. The zero-order chi connectivity index (χ0) is 8.97. The predicted molar refractivity (Wildman–Crippen MR) is 50.4 cm³/mol. The van der Waals surface area contributed by atoms with Crippen molar-refractivity contribution in [1.29, 1.82) is 0 Å². The lowest BCUT2D eigenvalue weighted by atomic mass is 10.3. The predicted octanol–water partition coefficient (Wildman–Crippen LogP) is 1.64. The summed E-state index contributed by atoms with van der Waals surface area (Å²) in [5, 5.41) is 18.9. The van der Waals surface area contributed by atoms with E-state index < -0.39 is 0 Å². The molecular formula is C8H10BrNO2. The summed E-state index contributed by atoms with van der Waals surface area (Å²) in [6.07, 6.45) is 0. The quantitative estimate of drug-likeness (QED) is 0.778. The molecule has 0 heterocycles. The molecule has 0 aliphatic heterocycles. The lowest BCUT2D eigenvalue weighted by Gasteiger charge is -2.15. The SMILES string of the molecule is OCCN(O)c1cccc(Br)c1. The summed E-state index contributed by atoms with van der Waals surface area (Å²) in [6.45, 7) is 0.152. The first-order valence-corrected chi connectivity index (χ1v) is 4.36. The van der Waals surface area contributed by atoms with Gasteiger partial charge in [0, 0.05) is 4.47 Å². The second-order valence-corrected chi connectivity index (χ2v) is 3.24. The third-order valence-corrected chi connectivity index (χ3v) is 1.91.